The fraction of sp³-hybridized carbons (Fsp3) is 0.526. The van der Waals surface area contributed by atoms with Gasteiger partial charge in [-0.05, 0) is 23.6 Å². The lowest BCUT2D eigenvalue weighted by atomic mass is 9.90. The van der Waals surface area contributed by atoms with Gasteiger partial charge < -0.3 is 0 Å². The van der Waals surface area contributed by atoms with Crippen LogP contribution in [0.1, 0.15) is 31.2 Å². The van der Waals surface area contributed by atoms with Crippen molar-refractivity contribution in [3.05, 3.63) is 48.0 Å². The third-order valence-electron chi connectivity index (χ3n) is 5.09. The van der Waals surface area contributed by atoms with Crippen LogP contribution in [-0.4, -0.2) is 45.3 Å². The first kappa shape index (κ1) is 29.6. The standard InChI is InChI=1S/C19H13F15N2/c1-9(2)10-3-5-11(6-4-10)36-8-7-35-12(36)13(20,21)14(22,23)15(24,25)16(26,27)17(28,29)18(30,31)19(32,33)34/h3-9H,1-2H3. The zero-order chi connectivity index (χ0) is 28.3. The molecule has 17 heteroatoms. The summed E-state index contributed by atoms with van der Waals surface area (Å²) in [6.07, 6.45) is -6.88. The van der Waals surface area contributed by atoms with Gasteiger partial charge in [-0.25, -0.2) is 4.98 Å². The van der Waals surface area contributed by atoms with Crippen LogP contribution in [0.25, 0.3) is 5.69 Å². The molecular formula is C19H13F15N2. The molecule has 0 saturated heterocycles. The Morgan fingerprint density at radius 1 is 0.611 bits per heavy atom. The molecule has 0 amide bonds. The summed E-state index contributed by atoms with van der Waals surface area (Å²) >= 11 is 0. The number of hydrogen-bond donors (Lipinski definition) is 0. The lowest BCUT2D eigenvalue weighted by molar-refractivity contribution is -0.454. The Morgan fingerprint density at radius 2 is 1.03 bits per heavy atom. The third-order valence-corrected chi connectivity index (χ3v) is 5.09. The number of halogens is 15. The average molecular weight is 554 g/mol. The van der Waals surface area contributed by atoms with E-state index in [1.54, 1.807) is 13.8 Å². The summed E-state index contributed by atoms with van der Waals surface area (Å²) in [4.78, 5) is 2.67. The second-order valence-electron chi connectivity index (χ2n) is 7.81. The van der Waals surface area contributed by atoms with Crippen LogP contribution >= 0.6 is 0 Å². The van der Waals surface area contributed by atoms with Gasteiger partial charge in [-0.3, -0.25) is 4.57 Å². The van der Waals surface area contributed by atoms with Crippen molar-refractivity contribution >= 4 is 0 Å². The summed E-state index contributed by atoms with van der Waals surface area (Å²) in [6, 6.07) is 4.50. The lowest BCUT2D eigenvalue weighted by Crippen LogP contribution is -2.72. The van der Waals surface area contributed by atoms with Gasteiger partial charge in [-0.1, -0.05) is 26.0 Å². The van der Waals surface area contributed by atoms with Crippen LogP contribution in [-0.2, 0) is 5.92 Å². The maximum atomic E-state index is 14.6. The molecule has 0 unspecified atom stereocenters. The fourth-order valence-corrected chi connectivity index (χ4v) is 2.87. The minimum atomic E-state index is -8.34. The normalized spacial score (nSPS) is 15.1. The van der Waals surface area contributed by atoms with Gasteiger partial charge in [0, 0.05) is 18.1 Å². The maximum absolute atomic E-state index is 14.6. The largest absolute Gasteiger partial charge is 0.460 e. The van der Waals surface area contributed by atoms with E-state index in [1.165, 1.54) is 12.1 Å². The SMILES string of the molecule is CC(C)c1ccc(-n2ccnc2C(F)(F)C(F)(F)C(F)(F)C(F)(F)C(F)(F)C(F)(F)C(F)(F)F)cc1. The Labute approximate surface area is 191 Å². The molecule has 1 aromatic heterocycles. The van der Waals surface area contributed by atoms with Gasteiger partial charge in [0.05, 0.1) is 0 Å². The van der Waals surface area contributed by atoms with Crippen LogP contribution in [0.4, 0.5) is 65.9 Å². The van der Waals surface area contributed by atoms with Crippen molar-refractivity contribution in [2.45, 2.75) is 61.5 Å². The first-order chi connectivity index (χ1) is 15.9. The predicted molar refractivity (Wildman–Crippen MR) is 92.3 cm³/mol. The van der Waals surface area contributed by atoms with Crippen molar-refractivity contribution < 1.29 is 65.9 Å². The average Bonchev–Trinajstić information content (AvgIpc) is 3.23. The van der Waals surface area contributed by atoms with E-state index >= 15 is 0 Å². The minimum absolute atomic E-state index is 0.0191. The van der Waals surface area contributed by atoms with Crippen molar-refractivity contribution in [2.75, 3.05) is 0 Å². The van der Waals surface area contributed by atoms with Crippen LogP contribution in [0, 0.1) is 0 Å². The summed E-state index contributed by atoms with van der Waals surface area (Å²) in [5, 5.41) is 0. The number of imidazole rings is 1. The fourth-order valence-electron chi connectivity index (χ4n) is 2.87. The van der Waals surface area contributed by atoms with Crippen LogP contribution in [0.2, 0.25) is 0 Å². The summed E-state index contributed by atoms with van der Waals surface area (Å²) in [5.74, 6) is -49.7. The monoisotopic (exact) mass is 554 g/mol. The van der Waals surface area contributed by atoms with Gasteiger partial charge in [0.2, 0.25) is 0 Å². The van der Waals surface area contributed by atoms with E-state index in [4.69, 9.17) is 0 Å². The number of benzene rings is 1. The second kappa shape index (κ2) is 8.46. The molecule has 1 aromatic carbocycles. The van der Waals surface area contributed by atoms with Gasteiger partial charge in [0.25, 0.3) is 0 Å². The highest BCUT2D eigenvalue weighted by Gasteiger charge is 2.93. The summed E-state index contributed by atoms with van der Waals surface area (Å²) in [5.41, 5.74) is 0.0860. The maximum Gasteiger partial charge on any atom is 0.460 e. The van der Waals surface area contributed by atoms with Gasteiger partial charge in [0.15, 0.2) is 5.82 Å². The van der Waals surface area contributed by atoms with E-state index < -0.39 is 53.2 Å². The Hall–Kier alpha value is -2.62. The van der Waals surface area contributed by atoms with Crippen molar-refractivity contribution in [2.24, 2.45) is 0 Å². The predicted octanol–water partition coefficient (Wildman–Crippen LogP) is 7.83. The Kier molecular flexibility index (Phi) is 6.96. The molecule has 0 bridgehead atoms. The number of rotatable bonds is 8. The number of hydrogen-bond acceptors (Lipinski definition) is 1. The molecule has 0 aliphatic heterocycles. The molecule has 36 heavy (non-hydrogen) atoms. The number of alkyl halides is 15. The van der Waals surface area contributed by atoms with Crippen LogP contribution in [0.5, 0.6) is 0 Å². The van der Waals surface area contributed by atoms with Crippen LogP contribution in [0.3, 0.4) is 0 Å². The molecule has 0 aliphatic rings. The Balaban J connectivity index is 2.64. The molecule has 2 aromatic rings. The van der Waals surface area contributed by atoms with Crippen molar-refractivity contribution in [3.63, 3.8) is 0 Å². The van der Waals surface area contributed by atoms with E-state index in [1.807, 2.05) is 0 Å². The molecule has 0 radical (unpaired) electrons. The van der Waals surface area contributed by atoms with E-state index in [-0.39, 0.29) is 10.5 Å². The van der Waals surface area contributed by atoms with Crippen molar-refractivity contribution in [1.29, 1.82) is 0 Å². The van der Waals surface area contributed by atoms with Crippen LogP contribution < -0.4 is 0 Å². The van der Waals surface area contributed by atoms with Gasteiger partial charge >= 0.3 is 41.7 Å². The smallest absolute Gasteiger partial charge is 0.299 e. The van der Waals surface area contributed by atoms with Crippen LogP contribution in [0.15, 0.2) is 36.7 Å². The second-order valence-corrected chi connectivity index (χ2v) is 7.81. The molecule has 204 valence electrons. The zero-order valence-electron chi connectivity index (χ0n) is 17.6. The molecule has 0 saturated carbocycles. The Morgan fingerprint density at radius 3 is 1.44 bits per heavy atom. The highest BCUT2D eigenvalue weighted by atomic mass is 19.4. The zero-order valence-corrected chi connectivity index (χ0v) is 17.6. The molecule has 2 nitrogen and oxygen atoms in total. The number of aromatic nitrogens is 2. The summed E-state index contributed by atoms with van der Waals surface area (Å²) in [7, 11) is 0. The molecule has 0 N–H and O–H groups in total. The molecule has 0 spiro atoms. The van der Waals surface area contributed by atoms with Gasteiger partial charge in [-0.2, -0.15) is 65.9 Å². The van der Waals surface area contributed by atoms with E-state index in [9.17, 15) is 65.9 Å². The molecule has 1 heterocycles. The Bertz CT molecular complexity index is 1070. The molecule has 0 atom stereocenters. The minimum Gasteiger partial charge on any atom is -0.299 e. The van der Waals surface area contributed by atoms with Crippen molar-refractivity contribution in [1.82, 2.24) is 9.55 Å². The summed E-state index contributed by atoms with van der Waals surface area (Å²) in [6.45, 7) is 3.37. The van der Waals surface area contributed by atoms with E-state index in [2.05, 4.69) is 4.98 Å². The topological polar surface area (TPSA) is 17.8 Å². The van der Waals surface area contributed by atoms with E-state index in [0.29, 0.717) is 18.0 Å². The molecule has 0 aliphatic carbocycles. The first-order valence-corrected chi connectivity index (χ1v) is 9.37. The lowest BCUT2D eigenvalue weighted by Gasteiger charge is -2.41. The molecular weight excluding hydrogens is 541 g/mol. The molecule has 2 rings (SSSR count). The van der Waals surface area contributed by atoms with Crippen molar-refractivity contribution in [3.8, 4) is 5.69 Å². The quantitative estimate of drug-likeness (QED) is 0.304. The van der Waals surface area contributed by atoms with Gasteiger partial charge in [-0.15, -0.1) is 0 Å². The van der Waals surface area contributed by atoms with E-state index in [0.717, 1.165) is 12.1 Å². The highest BCUT2D eigenvalue weighted by Crippen LogP contribution is 2.63. The summed E-state index contributed by atoms with van der Waals surface area (Å²) < 4.78 is 202. The molecule has 0 fully saturated rings. The number of nitrogens with zero attached hydrogens (tertiary/aromatic N) is 2. The third kappa shape index (κ3) is 3.97. The van der Waals surface area contributed by atoms with Gasteiger partial charge in [0.1, 0.15) is 0 Å². The first-order valence-electron chi connectivity index (χ1n) is 9.37. The highest BCUT2D eigenvalue weighted by molar-refractivity contribution is 5.38.